The van der Waals surface area contributed by atoms with Gasteiger partial charge in [-0.05, 0) is 42.7 Å². The third-order valence-electron chi connectivity index (χ3n) is 3.72. The van der Waals surface area contributed by atoms with Crippen LogP contribution in [-0.2, 0) is 9.53 Å². The number of rotatable bonds is 3. The molecule has 1 N–H and O–H groups in total. The summed E-state index contributed by atoms with van der Waals surface area (Å²) in [6.07, 6.45) is 1.53. The van der Waals surface area contributed by atoms with Gasteiger partial charge in [-0.25, -0.2) is 4.79 Å². The van der Waals surface area contributed by atoms with Crippen LogP contribution in [0.5, 0.6) is 0 Å². The lowest BCUT2D eigenvalue weighted by Crippen LogP contribution is -2.35. The van der Waals surface area contributed by atoms with E-state index in [0.29, 0.717) is 15.1 Å². The number of aliphatic hydroxyl groups is 1. The summed E-state index contributed by atoms with van der Waals surface area (Å²) in [6, 6.07) is 3.33. The van der Waals surface area contributed by atoms with Crippen molar-refractivity contribution in [3.05, 3.63) is 21.3 Å². The van der Waals surface area contributed by atoms with Crippen LogP contribution in [0.3, 0.4) is 0 Å². The van der Waals surface area contributed by atoms with Crippen LogP contribution in [0.2, 0.25) is 4.34 Å². The molecule has 20 heavy (non-hydrogen) atoms. The average molecular weight is 317 g/mol. The van der Waals surface area contributed by atoms with Crippen molar-refractivity contribution in [2.75, 3.05) is 0 Å². The van der Waals surface area contributed by atoms with E-state index in [1.165, 1.54) is 11.3 Å². The van der Waals surface area contributed by atoms with Gasteiger partial charge in [-0.3, -0.25) is 0 Å². The summed E-state index contributed by atoms with van der Waals surface area (Å²) < 4.78 is 6.05. The molecule has 1 heterocycles. The van der Waals surface area contributed by atoms with E-state index in [1.807, 2.05) is 0 Å². The van der Waals surface area contributed by atoms with Crippen molar-refractivity contribution in [3.63, 3.8) is 0 Å². The molecule has 2 rings (SSSR count). The highest BCUT2D eigenvalue weighted by atomic mass is 35.5. The van der Waals surface area contributed by atoms with E-state index in [0.717, 1.165) is 19.3 Å². The number of esters is 1. The van der Waals surface area contributed by atoms with Gasteiger partial charge in [-0.15, -0.1) is 11.3 Å². The Bertz CT molecular complexity index is 483. The summed E-state index contributed by atoms with van der Waals surface area (Å²) in [5.74, 6) is -0.0386. The molecule has 112 valence electrons. The molecule has 1 saturated carbocycles. The molecule has 1 aromatic heterocycles. The minimum absolute atomic E-state index is 0.105. The van der Waals surface area contributed by atoms with Gasteiger partial charge in [-0.1, -0.05) is 32.4 Å². The van der Waals surface area contributed by atoms with Gasteiger partial charge >= 0.3 is 5.97 Å². The standard InChI is InChI=1S/C15H21ClO3S/c1-9-6-10(8-15(2,3)7-9)19-14(18)13(17)11-4-5-12(16)20-11/h4-5,9-10,13,17H,6-8H2,1-3H3. The zero-order valence-corrected chi connectivity index (χ0v) is 13.6. The van der Waals surface area contributed by atoms with Crippen molar-refractivity contribution in [2.45, 2.75) is 52.2 Å². The Hall–Kier alpha value is -0.580. The number of hydrogen-bond donors (Lipinski definition) is 1. The molecule has 0 radical (unpaired) electrons. The van der Waals surface area contributed by atoms with Gasteiger partial charge < -0.3 is 9.84 Å². The van der Waals surface area contributed by atoms with Crippen LogP contribution in [0.25, 0.3) is 0 Å². The first-order valence-electron chi connectivity index (χ1n) is 6.90. The molecule has 1 fully saturated rings. The molecule has 0 spiro atoms. The molecular weight excluding hydrogens is 296 g/mol. The summed E-state index contributed by atoms with van der Waals surface area (Å²) in [5, 5.41) is 10.0. The first kappa shape index (κ1) is 15.8. The first-order valence-corrected chi connectivity index (χ1v) is 8.10. The Balaban J connectivity index is 1.97. The van der Waals surface area contributed by atoms with Gasteiger partial charge in [0.05, 0.1) is 4.34 Å². The highest BCUT2D eigenvalue weighted by Gasteiger charge is 2.35. The quantitative estimate of drug-likeness (QED) is 0.850. The number of aliphatic hydroxyl groups excluding tert-OH is 1. The van der Waals surface area contributed by atoms with Crippen molar-refractivity contribution < 1.29 is 14.6 Å². The predicted molar refractivity (Wildman–Crippen MR) is 81.0 cm³/mol. The minimum atomic E-state index is -1.23. The Morgan fingerprint density at radius 1 is 1.50 bits per heavy atom. The van der Waals surface area contributed by atoms with Gasteiger partial charge in [0.2, 0.25) is 0 Å². The van der Waals surface area contributed by atoms with Crippen molar-refractivity contribution >= 4 is 28.9 Å². The number of carbonyl (C=O) groups is 1. The highest BCUT2D eigenvalue weighted by Crippen LogP contribution is 2.40. The Kier molecular flexibility index (Phi) is 4.77. The molecule has 0 saturated heterocycles. The molecule has 0 amide bonds. The van der Waals surface area contributed by atoms with Crippen LogP contribution in [-0.4, -0.2) is 17.2 Å². The van der Waals surface area contributed by atoms with Crippen LogP contribution >= 0.6 is 22.9 Å². The predicted octanol–water partition coefficient (Wildman–Crippen LogP) is 4.19. The molecule has 3 unspecified atom stereocenters. The van der Waals surface area contributed by atoms with Gasteiger partial charge in [-0.2, -0.15) is 0 Å². The fourth-order valence-electron chi connectivity index (χ4n) is 3.17. The summed E-state index contributed by atoms with van der Waals surface area (Å²) in [6.45, 7) is 6.56. The van der Waals surface area contributed by atoms with Crippen LogP contribution < -0.4 is 0 Å². The third kappa shape index (κ3) is 3.96. The summed E-state index contributed by atoms with van der Waals surface area (Å²) in [4.78, 5) is 12.6. The Morgan fingerprint density at radius 3 is 2.75 bits per heavy atom. The van der Waals surface area contributed by atoms with Crippen molar-refractivity contribution in [2.24, 2.45) is 11.3 Å². The number of halogens is 1. The molecular formula is C15H21ClO3S. The van der Waals surface area contributed by atoms with Crippen molar-refractivity contribution in [1.29, 1.82) is 0 Å². The Morgan fingerprint density at radius 2 is 2.20 bits per heavy atom. The molecule has 0 aromatic carbocycles. The van der Waals surface area contributed by atoms with Gasteiger partial charge in [0.15, 0.2) is 6.10 Å². The first-order chi connectivity index (χ1) is 9.27. The summed E-state index contributed by atoms with van der Waals surface area (Å²) in [7, 11) is 0. The number of carbonyl (C=O) groups excluding carboxylic acids is 1. The van der Waals surface area contributed by atoms with Gasteiger partial charge in [0.25, 0.3) is 0 Å². The van der Waals surface area contributed by atoms with E-state index in [-0.39, 0.29) is 11.5 Å². The lowest BCUT2D eigenvalue weighted by molar-refractivity contribution is -0.163. The van der Waals surface area contributed by atoms with E-state index in [4.69, 9.17) is 16.3 Å². The maximum absolute atomic E-state index is 12.0. The molecule has 0 bridgehead atoms. The fourth-order valence-corrected chi connectivity index (χ4v) is 4.20. The minimum Gasteiger partial charge on any atom is -0.460 e. The number of hydrogen-bond acceptors (Lipinski definition) is 4. The fraction of sp³-hybridized carbons (Fsp3) is 0.667. The normalized spacial score (nSPS) is 27.1. The van der Waals surface area contributed by atoms with E-state index in [2.05, 4.69) is 20.8 Å². The number of thiophene rings is 1. The largest absolute Gasteiger partial charge is 0.460 e. The van der Waals surface area contributed by atoms with Crippen LogP contribution in [0.4, 0.5) is 0 Å². The molecule has 1 aliphatic rings. The molecule has 1 aliphatic carbocycles. The second-order valence-corrected chi connectivity index (χ2v) is 8.26. The third-order valence-corrected chi connectivity index (χ3v) is 5.00. The highest BCUT2D eigenvalue weighted by molar-refractivity contribution is 7.16. The second-order valence-electron chi connectivity index (χ2n) is 6.52. The van der Waals surface area contributed by atoms with Crippen LogP contribution in [0.1, 0.15) is 51.0 Å². The smallest absolute Gasteiger partial charge is 0.340 e. The van der Waals surface area contributed by atoms with Crippen molar-refractivity contribution in [3.8, 4) is 0 Å². The zero-order valence-electron chi connectivity index (χ0n) is 12.1. The zero-order chi connectivity index (χ0) is 14.9. The van der Waals surface area contributed by atoms with Crippen LogP contribution in [0, 0.1) is 11.3 Å². The molecule has 0 aliphatic heterocycles. The molecule has 1 aromatic rings. The maximum Gasteiger partial charge on any atom is 0.340 e. The van der Waals surface area contributed by atoms with E-state index < -0.39 is 12.1 Å². The average Bonchev–Trinajstić information content (AvgIpc) is 2.71. The lowest BCUT2D eigenvalue weighted by atomic mass is 9.71. The van der Waals surface area contributed by atoms with Crippen LogP contribution in [0.15, 0.2) is 12.1 Å². The SMILES string of the molecule is CC1CC(OC(=O)C(O)c2ccc(Cl)s2)CC(C)(C)C1. The number of ether oxygens (including phenoxy) is 1. The lowest BCUT2D eigenvalue weighted by Gasteiger charge is -2.38. The molecule has 3 atom stereocenters. The van der Waals surface area contributed by atoms with E-state index >= 15 is 0 Å². The van der Waals surface area contributed by atoms with Crippen molar-refractivity contribution in [1.82, 2.24) is 0 Å². The molecule has 5 heteroatoms. The van der Waals surface area contributed by atoms with E-state index in [9.17, 15) is 9.90 Å². The summed E-state index contributed by atoms with van der Waals surface area (Å²) >= 11 is 7.01. The molecule has 3 nitrogen and oxygen atoms in total. The second kappa shape index (κ2) is 6.04. The Labute approximate surface area is 128 Å². The van der Waals surface area contributed by atoms with Gasteiger partial charge in [0, 0.05) is 4.88 Å². The maximum atomic E-state index is 12.0. The topological polar surface area (TPSA) is 46.5 Å². The van der Waals surface area contributed by atoms with E-state index in [1.54, 1.807) is 12.1 Å². The monoisotopic (exact) mass is 316 g/mol. The summed E-state index contributed by atoms with van der Waals surface area (Å²) in [5.41, 5.74) is 0.180. The van der Waals surface area contributed by atoms with Gasteiger partial charge in [0.1, 0.15) is 6.10 Å².